The van der Waals surface area contributed by atoms with Crippen LogP contribution in [0, 0.1) is 23.2 Å². The first kappa shape index (κ1) is 7.90. The Bertz CT molecular complexity index is 143. The summed E-state index contributed by atoms with van der Waals surface area (Å²) in [6.45, 7) is 0.796. The molecule has 0 heterocycles. The van der Waals surface area contributed by atoms with E-state index in [1.165, 1.54) is 12.0 Å². The SMILES string of the molecule is CSOCCC1CC1C#N. The Hall–Kier alpha value is -0.200. The van der Waals surface area contributed by atoms with E-state index in [1.54, 1.807) is 0 Å². The summed E-state index contributed by atoms with van der Waals surface area (Å²) in [5.74, 6) is 0.975. The Morgan fingerprint density at radius 2 is 2.60 bits per heavy atom. The van der Waals surface area contributed by atoms with Crippen molar-refractivity contribution in [1.29, 1.82) is 5.26 Å². The lowest BCUT2D eigenvalue weighted by molar-refractivity contribution is 0.352. The van der Waals surface area contributed by atoms with E-state index in [-0.39, 0.29) is 0 Å². The third-order valence-electron chi connectivity index (χ3n) is 1.78. The van der Waals surface area contributed by atoms with Crippen LogP contribution < -0.4 is 0 Å². The molecule has 0 N–H and O–H groups in total. The fourth-order valence-corrected chi connectivity index (χ4v) is 1.27. The monoisotopic (exact) mass is 157 g/mol. The van der Waals surface area contributed by atoms with Gasteiger partial charge in [0, 0.05) is 12.2 Å². The predicted molar refractivity (Wildman–Crippen MR) is 41.3 cm³/mol. The van der Waals surface area contributed by atoms with Gasteiger partial charge in [0.1, 0.15) is 0 Å². The highest BCUT2D eigenvalue weighted by Gasteiger charge is 2.36. The van der Waals surface area contributed by atoms with Gasteiger partial charge in [-0.05, 0) is 30.8 Å². The van der Waals surface area contributed by atoms with Gasteiger partial charge in [0.25, 0.3) is 0 Å². The van der Waals surface area contributed by atoms with Crippen molar-refractivity contribution in [2.24, 2.45) is 11.8 Å². The Morgan fingerprint density at radius 3 is 3.10 bits per heavy atom. The molecule has 10 heavy (non-hydrogen) atoms. The molecule has 2 atom stereocenters. The van der Waals surface area contributed by atoms with Crippen LogP contribution in [0.2, 0.25) is 0 Å². The lowest BCUT2D eigenvalue weighted by Gasteiger charge is -1.95. The van der Waals surface area contributed by atoms with E-state index < -0.39 is 0 Å². The molecular formula is C7H11NOS. The van der Waals surface area contributed by atoms with E-state index in [0.29, 0.717) is 11.8 Å². The minimum Gasteiger partial charge on any atom is -0.316 e. The first-order valence-electron chi connectivity index (χ1n) is 3.43. The van der Waals surface area contributed by atoms with Crippen molar-refractivity contribution in [2.45, 2.75) is 12.8 Å². The maximum absolute atomic E-state index is 8.44. The van der Waals surface area contributed by atoms with E-state index in [4.69, 9.17) is 9.44 Å². The Labute approximate surface area is 65.8 Å². The van der Waals surface area contributed by atoms with Gasteiger partial charge in [-0.2, -0.15) is 5.26 Å². The molecule has 0 aliphatic heterocycles. The summed E-state index contributed by atoms with van der Waals surface area (Å²) >= 11 is 1.40. The van der Waals surface area contributed by atoms with Crippen molar-refractivity contribution >= 4 is 12.0 Å². The highest BCUT2D eigenvalue weighted by atomic mass is 32.2. The quantitative estimate of drug-likeness (QED) is 0.461. The zero-order valence-corrected chi connectivity index (χ0v) is 6.86. The van der Waals surface area contributed by atoms with Gasteiger partial charge >= 0.3 is 0 Å². The Morgan fingerprint density at radius 1 is 1.80 bits per heavy atom. The number of hydrogen-bond donors (Lipinski definition) is 0. The van der Waals surface area contributed by atoms with Crippen molar-refractivity contribution < 1.29 is 4.18 Å². The fraction of sp³-hybridized carbons (Fsp3) is 0.857. The summed E-state index contributed by atoms with van der Waals surface area (Å²) in [4.78, 5) is 0. The topological polar surface area (TPSA) is 33.0 Å². The molecule has 56 valence electrons. The van der Waals surface area contributed by atoms with E-state index >= 15 is 0 Å². The molecule has 3 heteroatoms. The van der Waals surface area contributed by atoms with Crippen molar-refractivity contribution in [3.8, 4) is 6.07 Å². The molecule has 1 aliphatic rings. The van der Waals surface area contributed by atoms with Gasteiger partial charge in [-0.3, -0.25) is 0 Å². The Balaban J connectivity index is 1.93. The van der Waals surface area contributed by atoms with Crippen molar-refractivity contribution in [2.75, 3.05) is 12.9 Å². The van der Waals surface area contributed by atoms with Crippen LogP contribution in [0.3, 0.4) is 0 Å². The van der Waals surface area contributed by atoms with Crippen LogP contribution in [0.1, 0.15) is 12.8 Å². The van der Waals surface area contributed by atoms with E-state index in [9.17, 15) is 0 Å². The van der Waals surface area contributed by atoms with Crippen LogP contribution in [0.15, 0.2) is 0 Å². The summed E-state index contributed by atoms with van der Waals surface area (Å²) < 4.78 is 5.08. The largest absolute Gasteiger partial charge is 0.316 e. The maximum Gasteiger partial charge on any atom is 0.0658 e. The number of hydrogen-bond acceptors (Lipinski definition) is 3. The highest BCUT2D eigenvalue weighted by molar-refractivity contribution is 7.93. The van der Waals surface area contributed by atoms with Crippen LogP contribution in [-0.4, -0.2) is 12.9 Å². The van der Waals surface area contributed by atoms with Gasteiger partial charge in [0.2, 0.25) is 0 Å². The lowest BCUT2D eigenvalue weighted by atomic mass is 10.2. The molecular weight excluding hydrogens is 146 g/mol. The molecule has 0 amide bonds. The molecule has 0 aromatic carbocycles. The number of nitriles is 1. The molecule has 0 aromatic heterocycles. The molecule has 0 radical (unpaired) electrons. The highest BCUT2D eigenvalue weighted by Crippen LogP contribution is 2.40. The van der Waals surface area contributed by atoms with Gasteiger partial charge in [-0.15, -0.1) is 0 Å². The molecule has 1 saturated carbocycles. The second-order valence-electron chi connectivity index (χ2n) is 2.51. The molecule has 1 fully saturated rings. The summed E-state index contributed by atoms with van der Waals surface area (Å²) in [5.41, 5.74) is 0. The molecule has 2 nitrogen and oxygen atoms in total. The average Bonchev–Trinajstić information content (AvgIpc) is 2.68. The van der Waals surface area contributed by atoms with Crippen LogP contribution in [0.25, 0.3) is 0 Å². The number of rotatable bonds is 4. The first-order valence-corrected chi connectivity index (χ1v) is 4.58. The first-order chi connectivity index (χ1) is 4.88. The van der Waals surface area contributed by atoms with Crippen molar-refractivity contribution in [1.82, 2.24) is 0 Å². The summed E-state index contributed by atoms with van der Waals surface area (Å²) in [6, 6.07) is 2.25. The molecule has 0 spiro atoms. The van der Waals surface area contributed by atoms with Gasteiger partial charge < -0.3 is 4.18 Å². The van der Waals surface area contributed by atoms with E-state index in [2.05, 4.69) is 6.07 Å². The van der Waals surface area contributed by atoms with Crippen LogP contribution >= 0.6 is 12.0 Å². The summed E-state index contributed by atoms with van der Waals surface area (Å²) in [7, 11) is 0. The molecule has 2 unspecified atom stereocenters. The zero-order valence-electron chi connectivity index (χ0n) is 6.04. The lowest BCUT2D eigenvalue weighted by Crippen LogP contribution is -1.88. The van der Waals surface area contributed by atoms with Crippen LogP contribution in [0.4, 0.5) is 0 Å². The second-order valence-corrected chi connectivity index (χ2v) is 3.08. The summed E-state index contributed by atoms with van der Waals surface area (Å²) in [5, 5.41) is 8.44. The second kappa shape index (κ2) is 3.85. The molecule has 1 rings (SSSR count). The smallest absolute Gasteiger partial charge is 0.0658 e. The predicted octanol–water partition coefficient (Wildman–Crippen LogP) is 1.83. The van der Waals surface area contributed by atoms with Crippen LogP contribution in [-0.2, 0) is 4.18 Å². The van der Waals surface area contributed by atoms with E-state index in [1.807, 2.05) is 6.26 Å². The normalized spacial score (nSPS) is 29.6. The Kier molecular flexibility index (Phi) is 3.04. The fourth-order valence-electron chi connectivity index (χ4n) is 1.01. The van der Waals surface area contributed by atoms with E-state index in [0.717, 1.165) is 19.4 Å². The minimum absolute atomic E-state index is 0.338. The van der Waals surface area contributed by atoms with Gasteiger partial charge in [-0.25, -0.2) is 0 Å². The van der Waals surface area contributed by atoms with Crippen molar-refractivity contribution in [3.05, 3.63) is 0 Å². The van der Waals surface area contributed by atoms with Gasteiger partial charge in [0.05, 0.1) is 12.7 Å². The summed E-state index contributed by atoms with van der Waals surface area (Å²) in [6.07, 6.45) is 4.06. The third-order valence-corrected chi connectivity index (χ3v) is 2.18. The zero-order chi connectivity index (χ0) is 7.40. The third kappa shape index (κ3) is 2.20. The van der Waals surface area contributed by atoms with Crippen LogP contribution in [0.5, 0.6) is 0 Å². The number of nitrogens with zero attached hydrogens (tertiary/aromatic N) is 1. The van der Waals surface area contributed by atoms with Gasteiger partial charge in [-0.1, -0.05) is 0 Å². The minimum atomic E-state index is 0.338. The molecule has 0 bridgehead atoms. The van der Waals surface area contributed by atoms with Crippen molar-refractivity contribution in [3.63, 3.8) is 0 Å². The maximum atomic E-state index is 8.44. The van der Waals surface area contributed by atoms with Gasteiger partial charge in [0.15, 0.2) is 0 Å². The molecule has 0 aromatic rings. The molecule has 0 saturated heterocycles. The molecule has 1 aliphatic carbocycles. The standard InChI is InChI=1S/C7H11NOS/c1-10-9-3-2-6-4-7(6)5-8/h6-7H,2-4H2,1H3. The average molecular weight is 157 g/mol.